The molecule has 1 heterocycles. The lowest BCUT2D eigenvalue weighted by Gasteiger charge is -2.18. The van der Waals surface area contributed by atoms with Gasteiger partial charge in [0.05, 0.1) is 18.5 Å². The summed E-state index contributed by atoms with van der Waals surface area (Å²) in [4.78, 5) is 4.18. The molecule has 0 saturated carbocycles. The Labute approximate surface area is 182 Å². The van der Waals surface area contributed by atoms with Crippen LogP contribution in [0.4, 0.5) is 5.69 Å². The van der Waals surface area contributed by atoms with Crippen LogP contribution < -0.4 is 10.6 Å². The van der Waals surface area contributed by atoms with Gasteiger partial charge in [0.1, 0.15) is 5.69 Å². The van der Waals surface area contributed by atoms with Crippen molar-refractivity contribution in [3.05, 3.63) is 89.7 Å². The minimum atomic E-state index is -3.33. The van der Waals surface area contributed by atoms with Crippen LogP contribution in [0.3, 0.4) is 0 Å². The van der Waals surface area contributed by atoms with Crippen molar-refractivity contribution >= 4 is 18.6 Å². The maximum atomic E-state index is 12.8. The summed E-state index contributed by atoms with van der Waals surface area (Å²) < 4.78 is 23.6. The molecule has 0 amide bonds. The van der Waals surface area contributed by atoms with Crippen molar-refractivity contribution in [1.82, 2.24) is 4.98 Å². The number of aliphatic hydroxyl groups excluding tert-OH is 1. The highest BCUT2D eigenvalue weighted by molar-refractivity contribution is 7.62. The number of aromatic nitrogens is 1. The summed E-state index contributed by atoms with van der Waals surface area (Å²) in [5, 5.41) is 14.1. The summed E-state index contributed by atoms with van der Waals surface area (Å²) >= 11 is 0. The van der Waals surface area contributed by atoms with Crippen LogP contribution in [0.5, 0.6) is 0 Å². The summed E-state index contributed by atoms with van der Waals surface area (Å²) in [7, 11) is -3.33. The molecule has 7 heteroatoms. The summed E-state index contributed by atoms with van der Waals surface area (Å²) in [5.74, 6) is 6.06. The van der Waals surface area contributed by atoms with Gasteiger partial charge < -0.3 is 19.5 Å². The molecular weight excluding hydrogens is 411 g/mol. The molecule has 1 atom stereocenters. The van der Waals surface area contributed by atoms with E-state index in [1.165, 1.54) is 0 Å². The molecule has 3 aromatic rings. The standard InChI is InChI=1S/C24H25N2O4P/c1-3-29-31(28,30-4-2)23-15-13-22(14-16-23)26-24(27)20-9-7-8-19(18-20)11-12-21-10-5-6-17-25-21/h5-10,13-18,24,26-27H,3-4H2,1-2H3. The number of hydrogen-bond donors (Lipinski definition) is 2. The molecule has 3 rings (SSSR count). The highest BCUT2D eigenvalue weighted by atomic mass is 31.2. The Kier molecular flexibility index (Phi) is 8.00. The highest BCUT2D eigenvalue weighted by Crippen LogP contribution is 2.46. The average molecular weight is 436 g/mol. The summed E-state index contributed by atoms with van der Waals surface area (Å²) in [6, 6.07) is 19.7. The maximum Gasteiger partial charge on any atom is 0.361 e. The first-order chi connectivity index (χ1) is 15.0. The molecule has 160 valence electrons. The third kappa shape index (κ3) is 6.27. The molecule has 2 aromatic carbocycles. The van der Waals surface area contributed by atoms with Crippen molar-refractivity contribution in [3.8, 4) is 11.8 Å². The molecule has 0 aliphatic rings. The zero-order chi connectivity index (χ0) is 22.1. The number of nitrogens with zero attached hydrogens (tertiary/aromatic N) is 1. The largest absolute Gasteiger partial charge is 0.369 e. The molecule has 0 fully saturated rings. The van der Waals surface area contributed by atoms with Crippen molar-refractivity contribution in [2.45, 2.75) is 20.1 Å². The number of nitrogens with one attached hydrogen (secondary N) is 1. The highest BCUT2D eigenvalue weighted by Gasteiger charge is 2.26. The Hall–Kier alpha value is -2.94. The normalized spacial score (nSPS) is 12.0. The van der Waals surface area contributed by atoms with E-state index < -0.39 is 13.8 Å². The minimum absolute atomic E-state index is 0.287. The molecular formula is C24H25N2O4P. The van der Waals surface area contributed by atoms with Crippen molar-refractivity contribution < 1.29 is 18.7 Å². The second-order valence-corrected chi connectivity index (χ2v) is 8.54. The van der Waals surface area contributed by atoms with E-state index in [0.29, 0.717) is 22.2 Å². The number of rotatable bonds is 8. The smallest absolute Gasteiger partial charge is 0.361 e. The van der Waals surface area contributed by atoms with Gasteiger partial charge >= 0.3 is 7.60 Å². The van der Waals surface area contributed by atoms with Gasteiger partial charge in [0, 0.05) is 23.0 Å². The Morgan fingerprint density at radius 3 is 2.39 bits per heavy atom. The number of aliphatic hydroxyl groups is 1. The van der Waals surface area contributed by atoms with Crippen LogP contribution in [0.15, 0.2) is 72.9 Å². The average Bonchev–Trinajstić information content (AvgIpc) is 2.79. The van der Waals surface area contributed by atoms with Crippen LogP contribution >= 0.6 is 7.60 Å². The molecule has 0 bridgehead atoms. The lowest BCUT2D eigenvalue weighted by Crippen LogP contribution is -2.13. The molecule has 31 heavy (non-hydrogen) atoms. The summed E-state index contributed by atoms with van der Waals surface area (Å²) in [5.41, 5.74) is 2.80. The van der Waals surface area contributed by atoms with E-state index >= 15 is 0 Å². The molecule has 1 aromatic heterocycles. The Balaban J connectivity index is 1.71. The van der Waals surface area contributed by atoms with Crippen LogP contribution in [0, 0.1) is 11.8 Å². The van der Waals surface area contributed by atoms with Crippen LogP contribution in [0.1, 0.15) is 36.9 Å². The second kappa shape index (κ2) is 10.9. The van der Waals surface area contributed by atoms with Crippen molar-refractivity contribution in [2.75, 3.05) is 18.5 Å². The van der Waals surface area contributed by atoms with Gasteiger partial charge in [0.2, 0.25) is 0 Å². The van der Waals surface area contributed by atoms with Gasteiger partial charge in [0.15, 0.2) is 6.23 Å². The van der Waals surface area contributed by atoms with Crippen molar-refractivity contribution in [3.63, 3.8) is 0 Å². The first-order valence-corrected chi connectivity index (χ1v) is 11.6. The molecule has 0 radical (unpaired) electrons. The van der Waals surface area contributed by atoms with Gasteiger partial charge in [-0.3, -0.25) is 4.57 Å². The zero-order valence-corrected chi connectivity index (χ0v) is 18.4. The number of hydrogen-bond acceptors (Lipinski definition) is 6. The zero-order valence-electron chi connectivity index (χ0n) is 17.5. The van der Waals surface area contributed by atoms with Gasteiger partial charge in [-0.2, -0.15) is 0 Å². The fraction of sp³-hybridized carbons (Fsp3) is 0.208. The van der Waals surface area contributed by atoms with Crippen molar-refractivity contribution in [1.29, 1.82) is 0 Å². The van der Waals surface area contributed by atoms with Crippen LogP contribution in [-0.4, -0.2) is 23.3 Å². The predicted octanol–water partition coefficient (Wildman–Crippen LogP) is 4.48. The van der Waals surface area contributed by atoms with Crippen LogP contribution in [0.2, 0.25) is 0 Å². The third-order valence-corrected chi connectivity index (χ3v) is 6.41. The first kappa shape index (κ1) is 22.7. The molecule has 0 aliphatic heterocycles. The molecule has 2 N–H and O–H groups in total. The SMILES string of the molecule is CCOP(=O)(OCC)c1ccc(NC(O)c2cccc(C#Cc3ccccn3)c2)cc1. The van der Waals surface area contributed by atoms with Crippen LogP contribution in [-0.2, 0) is 13.6 Å². The van der Waals surface area contributed by atoms with Crippen LogP contribution in [0.25, 0.3) is 0 Å². The molecule has 0 aliphatic carbocycles. The fourth-order valence-corrected chi connectivity index (χ4v) is 4.43. The predicted molar refractivity (Wildman–Crippen MR) is 122 cm³/mol. The van der Waals surface area contributed by atoms with Gasteiger partial charge in [-0.25, -0.2) is 4.98 Å². The summed E-state index contributed by atoms with van der Waals surface area (Å²) in [6.45, 7) is 4.12. The molecule has 0 spiro atoms. The summed E-state index contributed by atoms with van der Waals surface area (Å²) in [6.07, 6.45) is 0.758. The van der Waals surface area contributed by atoms with E-state index in [1.807, 2.05) is 42.5 Å². The Bertz CT molecular complexity index is 1080. The van der Waals surface area contributed by atoms with E-state index in [9.17, 15) is 9.67 Å². The first-order valence-electron chi connectivity index (χ1n) is 10.0. The molecule has 0 saturated heterocycles. The van der Waals surface area contributed by atoms with E-state index in [0.717, 1.165) is 5.56 Å². The van der Waals surface area contributed by atoms with E-state index in [4.69, 9.17) is 9.05 Å². The fourth-order valence-electron chi connectivity index (χ4n) is 2.87. The maximum absolute atomic E-state index is 12.8. The monoisotopic (exact) mass is 436 g/mol. The second-order valence-electron chi connectivity index (χ2n) is 6.52. The number of pyridine rings is 1. The molecule has 1 unspecified atom stereocenters. The van der Waals surface area contributed by atoms with Gasteiger partial charge in [-0.05, 0) is 68.3 Å². The van der Waals surface area contributed by atoms with E-state index in [1.54, 1.807) is 44.3 Å². The number of benzene rings is 2. The van der Waals surface area contributed by atoms with Crippen molar-refractivity contribution in [2.24, 2.45) is 0 Å². The third-order valence-electron chi connectivity index (χ3n) is 4.29. The van der Waals surface area contributed by atoms with Gasteiger partial charge in [0.25, 0.3) is 0 Å². The lowest BCUT2D eigenvalue weighted by molar-refractivity contribution is 0.208. The topological polar surface area (TPSA) is 80.7 Å². The van der Waals surface area contributed by atoms with Gasteiger partial charge in [-0.15, -0.1) is 0 Å². The van der Waals surface area contributed by atoms with E-state index in [2.05, 4.69) is 22.1 Å². The van der Waals surface area contributed by atoms with E-state index in [-0.39, 0.29) is 13.2 Å². The lowest BCUT2D eigenvalue weighted by atomic mass is 10.1. The Morgan fingerprint density at radius 2 is 1.74 bits per heavy atom. The number of anilines is 1. The minimum Gasteiger partial charge on any atom is -0.369 e. The van der Waals surface area contributed by atoms with Gasteiger partial charge in [-0.1, -0.05) is 24.1 Å². The molecule has 6 nitrogen and oxygen atoms in total. The quantitative estimate of drug-likeness (QED) is 0.308. The Morgan fingerprint density at radius 1 is 1.00 bits per heavy atom.